The molecule has 1 amide bonds. The molecule has 5 rings (SSSR count). The van der Waals surface area contributed by atoms with Gasteiger partial charge in [0.1, 0.15) is 5.65 Å². The Morgan fingerprint density at radius 2 is 1.84 bits per heavy atom. The van der Waals surface area contributed by atoms with Gasteiger partial charge in [-0.25, -0.2) is 13.4 Å². The molecule has 0 radical (unpaired) electrons. The summed E-state index contributed by atoms with van der Waals surface area (Å²) in [5, 5.41) is 2.87. The molecule has 3 aromatic rings. The van der Waals surface area contributed by atoms with Crippen LogP contribution in [0, 0.1) is 5.41 Å². The minimum Gasteiger partial charge on any atom is -0.381 e. The largest absolute Gasteiger partial charge is 0.381 e. The summed E-state index contributed by atoms with van der Waals surface area (Å²) in [6.45, 7) is 2.87. The molecule has 162 valence electrons. The monoisotopic (exact) mass is 440 g/mol. The second-order valence-electron chi connectivity index (χ2n) is 8.32. The number of aromatic nitrogens is 2. The summed E-state index contributed by atoms with van der Waals surface area (Å²) in [6, 6.07) is 10.2. The van der Waals surface area contributed by atoms with Gasteiger partial charge in [-0.2, -0.15) is 4.31 Å². The Bertz CT molecular complexity index is 1210. The van der Waals surface area contributed by atoms with E-state index in [1.165, 1.54) is 0 Å². The van der Waals surface area contributed by atoms with E-state index in [1.807, 2.05) is 0 Å². The van der Waals surface area contributed by atoms with Crippen LogP contribution >= 0.6 is 0 Å². The lowest BCUT2D eigenvalue weighted by molar-refractivity contribution is -0.0476. The number of nitrogens with one attached hydrogen (secondary N) is 1. The molecule has 1 N–H and O–H groups in total. The van der Waals surface area contributed by atoms with Gasteiger partial charge in [0.15, 0.2) is 0 Å². The molecule has 0 aliphatic carbocycles. The number of fused-ring (bicyclic) bond motifs is 1. The van der Waals surface area contributed by atoms with Crippen LogP contribution in [0.15, 0.2) is 59.9 Å². The number of sulfonamides is 1. The fourth-order valence-electron chi connectivity index (χ4n) is 4.26. The number of pyridine rings is 1. The van der Waals surface area contributed by atoms with Crippen molar-refractivity contribution in [1.82, 2.24) is 19.0 Å². The van der Waals surface area contributed by atoms with E-state index in [4.69, 9.17) is 4.74 Å². The first-order chi connectivity index (χ1) is 15.0. The highest BCUT2D eigenvalue weighted by Gasteiger charge is 2.48. The quantitative estimate of drug-likeness (QED) is 0.656. The van der Waals surface area contributed by atoms with Crippen LogP contribution in [0.1, 0.15) is 28.8 Å². The van der Waals surface area contributed by atoms with Crippen molar-refractivity contribution >= 4 is 21.6 Å². The Morgan fingerprint density at radius 3 is 2.58 bits per heavy atom. The van der Waals surface area contributed by atoms with Crippen molar-refractivity contribution in [2.45, 2.75) is 24.3 Å². The number of hydrogen-bond donors (Lipinski definition) is 1. The Morgan fingerprint density at radius 1 is 1.10 bits per heavy atom. The Balaban J connectivity index is 1.20. The van der Waals surface area contributed by atoms with Crippen LogP contribution in [0.2, 0.25) is 0 Å². The molecule has 0 bridgehead atoms. The third-order valence-electron chi connectivity index (χ3n) is 6.24. The number of ether oxygens (including phenoxy) is 1. The van der Waals surface area contributed by atoms with E-state index in [-0.39, 0.29) is 16.2 Å². The number of rotatable bonds is 5. The van der Waals surface area contributed by atoms with Crippen LogP contribution in [0.3, 0.4) is 0 Å². The smallest absolute Gasteiger partial charge is 0.253 e. The average molecular weight is 441 g/mol. The molecule has 1 spiro atoms. The van der Waals surface area contributed by atoms with Gasteiger partial charge in [0, 0.05) is 56.9 Å². The fraction of sp³-hybridized carbons (Fsp3) is 0.364. The number of benzene rings is 1. The third kappa shape index (κ3) is 3.84. The first kappa shape index (κ1) is 20.2. The van der Waals surface area contributed by atoms with Crippen LogP contribution in [-0.4, -0.2) is 54.3 Å². The molecule has 2 aromatic heterocycles. The Labute approximate surface area is 180 Å². The maximum Gasteiger partial charge on any atom is 0.253 e. The average Bonchev–Trinajstić information content (AvgIpc) is 3.24. The summed E-state index contributed by atoms with van der Waals surface area (Å²) < 4.78 is 34.6. The minimum absolute atomic E-state index is 0.0925. The topological polar surface area (TPSA) is 93.0 Å². The molecule has 31 heavy (non-hydrogen) atoms. The van der Waals surface area contributed by atoms with Gasteiger partial charge in [-0.15, -0.1) is 0 Å². The molecular weight excluding hydrogens is 416 g/mol. The number of carbonyl (C=O) groups is 1. The van der Waals surface area contributed by atoms with E-state index >= 15 is 0 Å². The van der Waals surface area contributed by atoms with E-state index in [0.29, 0.717) is 38.4 Å². The zero-order valence-corrected chi connectivity index (χ0v) is 17.8. The number of carbonyl (C=O) groups excluding carboxylic acids is 1. The molecule has 0 unspecified atom stereocenters. The minimum atomic E-state index is -3.49. The van der Waals surface area contributed by atoms with E-state index in [9.17, 15) is 13.2 Å². The van der Waals surface area contributed by atoms with Crippen LogP contribution in [0.25, 0.3) is 5.65 Å². The SMILES string of the molecule is O=C(NCc1ccc(S(=O)(=O)N2CC3(CCOCC3)C2)cc1)c1ccc2nccn2c1. The Hall–Kier alpha value is -2.75. The zero-order valence-electron chi connectivity index (χ0n) is 17.0. The maximum absolute atomic E-state index is 12.9. The second-order valence-corrected chi connectivity index (χ2v) is 10.3. The highest BCUT2D eigenvalue weighted by atomic mass is 32.2. The number of amides is 1. The predicted octanol–water partition coefficient (Wildman–Crippen LogP) is 2.07. The van der Waals surface area contributed by atoms with E-state index < -0.39 is 10.0 Å². The van der Waals surface area contributed by atoms with Crippen LogP contribution < -0.4 is 5.32 Å². The lowest BCUT2D eigenvalue weighted by Gasteiger charge is -2.51. The molecule has 0 saturated carbocycles. The first-order valence-corrected chi connectivity index (χ1v) is 11.8. The van der Waals surface area contributed by atoms with Crippen molar-refractivity contribution in [3.63, 3.8) is 0 Å². The van der Waals surface area contributed by atoms with Gasteiger partial charge >= 0.3 is 0 Å². The highest BCUT2D eigenvalue weighted by molar-refractivity contribution is 7.89. The summed E-state index contributed by atoms with van der Waals surface area (Å²) in [6.07, 6.45) is 7.03. The number of hydrogen-bond acceptors (Lipinski definition) is 5. The van der Waals surface area contributed by atoms with Gasteiger partial charge in [0.25, 0.3) is 5.91 Å². The van der Waals surface area contributed by atoms with Crippen LogP contribution in [-0.2, 0) is 21.3 Å². The highest BCUT2D eigenvalue weighted by Crippen LogP contribution is 2.42. The second kappa shape index (κ2) is 7.74. The molecule has 4 heterocycles. The van der Waals surface area contributed by atoms with Gasteiger partial charge in [0.2, 0.25) is 10.0 Å². The summed E-state index contributed by atoms with van der Waals surface area (Å²) in [4.78, 5) is 16.9. The molecule has 2 saturated heterocycles. The van der Waals surface area contributed by atoms with Crippen molar-refractivity contribution in [3.05, 3.63) is 66.1 Å². The molecular formula is C22H24N4O4S. The van der Waals surface area contributed by atoms with Gasteiger partial charge in [-0.1, -0.05) is 12.1 Å². The van der Waals surface area contributed by atoms with Gasteiger partial charge in [0.05, 0.1) is 10.5 Å². The van der Waals surface area contributed by atoms with Crippen molar-refractivity contribution < 1.29 is 17.9 Å². The molecule has 2 aliphatic heterocycles. The molecule has 2 aliphatic rings. The fourth-order valence-corrected chi connectivity index (χ4v) is 5.93. The van der Waals surface area contributed by atoms with Crippen LogP contribution in [0.5, 0.6) is 0 Å². The summed E-state index contributed by atoms with van der Waals surface area (Å²) >= 11 is 0. The molecule has 1 aromatic carbocycles. The number of nitrogens with zero attached hydrogens (tertiary/aromatic N) is 3. The molecule has 9 heteroatoms. The summed E-state index contributed by atoms with van der Waals surface area (Å²) in [7, 11) is -3.49. The normalized spacial score (nSPS) is 18.7. The zero-order chi connectivity index (χ0) is 21.5. The van der Waals surface area contributed by atoms with Crippen molar-refractivity contribution in [3.8, 4) is 0 Å². The maximum atomic E-state index is 12.9. The molecule has 8 nitrogen and oxygen atoms in total. The third-order valence-corrected chi connectivity index (χ3v) is 8.05. The van der Waals surface area contributed by atoms with E-state index in [0.717, 1.165) is 24.1 Å². The number of imidazole rings is 1. The summed E-state index contributed by atoms with van der Waals surface area (Å²) in [5.41, 5.74) is 2.23. The van der Waals surface area contributed by atoms with Crippen molar-refractivity contribution in [2.24, 2.45) is 5.41 Å². The van der Waals surface area contributed by atoms with Crippen molar-refractivity contribution in [2.75, 3.05) is 26.3 Å². The molecule has 0 atom stereocenters. The lowest BCUT2D eigenvalue weighted by Crippen LogP contribution is -2.60. The van der Waals surface area contributed by atoms with E-state index in [2.05, 4.69) is 10.3 Å². The first-order valence-electron chi connectivity index (χ1n) is 10.3. The lowest BCUT2D eigenvalue weighted by atomic mass is 9.75. The van der Waals surface area contributed by atoms with Crippen molar-refractivity contribution in [1.29, 1.82) is 0 Å². The Kier molecular flexibility index (Phi) is 5.04. The standard InChI is InChI=1S/C22H24N4O4S/c27-21(18-3-6-20-23-9-10-25(20)14-18)24-13-17-1-4-19(5-2-17)31(28,29)26-15-22(16-26)7-11-30-12-8-22/h1-6,9-10,14H,7-8,11-13,15-16H2,(H,24,27). The van der Waals surface area contributed by atoms with E-state index in [1.54, 1.807) is 63.7 Å². The predicted molar refractivity (Wildman–Crippen MR) is 114 cm³/mol. The van der Waals surface area contributed by atoms with Crippen LogP contribution in [0.4, 0.5) is 0 Å². The van der Waals surface area contributed by atoms with Gasteiger partial charge < -0.3 is 14.5 Å². The molecule has 2 fully saturated rings. The van der Waals surface area contributed by atoms with Gasteiger partial charge in [-0.3, -0.25) is 4.79 Å². The summed E-state index contributed by atoms with van der Waals surface area (Å²) in [5.74, 6) is -0.199. The van der Waals surface area contributed by atoms with Gasteiger partial charge in [-0.05, 0) is 42.7 Å².